The Balaban J connectivity index is 3.80. The van der Waals surface area contributed by atoms with E-state index in [-0.39, 0.29) is 10.8 Å². The fourth-order valence-electron chi connectivity index (χ4n) is 2.43. The molecular weight excluding hydrogens is 304 g/mol. The molecular formula is C23H42N2. The lowest BCUT2D eigenvalue weighted by atomic mass is 9.84. The Labute approximate surface area is 157 Å². The summed E-state index contributed by atoms with van der Waals surface area (Å²) in [6, 6.07) is 0. The molecule has 0 aliphatic rings. The van der Waals surface area contributed by atoms with E-state index in [4.69, 9.17) is 0 Å². The zero-order valence-corrected chi connectivity index (χ0v) is 17.7. The molecule has 0 aromatic rings. The Kier molecular flexibility index (Phi) is 12.3. The summed E-state index contributed by atoms with van der Waals surface area (Å²) in [5.74, 6) is 0.673. The lowest BCUT2D eigenvalue weighted by Gasteiger charge is -2.21. The van der Waals surface area contributed by atoms with Gasteiger partial charge in [-0.3, -0.25) is 0 Å². The monoisotopic (exact) mass is 346 g/mol. The van der Waals surface area contributed by atoms with Gasteiger partial charge in [0, 0.05) is 19.6 Å². The van der Waals surface area contributed by atoms with Crippen molar-refractivity contribution in [3.63, 3.8) is 0 Å². The molecule has 0 heterocycles. The van der Waals surface area contributed by atoms with Gasteiger partial charge in [-0.15, -0.1) is 0 Å². The third-order valence-electron chi connectivity index (χ3n) is 3.95. The summed E-state index contributed by atoms with van der Waals surface area (Å²) in [7, 11) is 0. The van der Waals surface area contributed by atoms with E-state index in [0.29, 0.717) is 5.92 Å². The molecule has 0 fully saturated rings. The van der Waals surface area contributed by atoms with E-state index in [2.05, 4.69) is 102 Å². The maximum absolute atomic E-state index is 3.42. The molecule has 0 aromatic heterocycles. The van der Waals surface area contributed by atoms with Crippen molar-refractivity contribution in [2.75, 3.05) is 19.6 Å². The molecule has 0 saturated heterocycles. The average molecular weight is 347 g/mol. The molecule has 2 nitrogen and oxygen atoms in total. The number of nitrogens with one attached hydrogen (secondary N) is 2. The van der Waals surface area contributed by atoms with E-state index in [1.807, 2.05) is 6.20 Å². The predicted octanol–water partition coefficient (Wildman–Crippen LogP) is 5.86. The van der Waals surface area contributed by atoms with Crippen LogP contribution in [0, 0.1) is 16.7 Å². The molecule has 0 aromatic carbocycles. The maximum Gasteiger partial charge on any atom is 0.0325 e. The van der Waals surface area contributed by atoms with Gasteiger partial charge in [0.25, 0.3) is 0 Å². The first-order valence-corrected chi connectivity index (χ1v) is 9.73. The second-order valence-electron chi connectivity index (χ2n) is 8.67. The highest BCUT2D eigenvalue weighted by Gasteiger charge is 2.14. The van der Waals surface area contributed by atoms with Crippen molar-refractivity contribution in [2.24, 2.45) is 16.7 Å². The van der Waals surface area contributed by atoms with Crippen LogP contribution in [0.2, 0.25) is 0 Å². The fourth-order valence-corrected chi connectivity index (χ4v) is 2.43. The van der Waals surface area contributed by atoms with Gasteiger partial charge in [0.05, 0.1) is 0 Å². The average Bonchev–Trinajstić information content (AvgIpc) is 2.50. The summed E-state index contributed by atoms with van der Waals surface area (Å²) in [6.45, 7) is 18.3. The number of hydrogen-bond donors (Lipinski definition) is 2. The Morgan fingerprint density at radius 2 is 1.52 bits per heavy atom. The maximum atomic E-state index is 3.42. The minimum atomic E-state index is 0.262. The van der Waals surface area contributed by atoms with Gasteiger partial charge in [-0.25, -0.2) is 0 Å². The molecule has 0 saturated carbocycles. The Morgan fingerprint density at radius 3 is 2.16 bits per heavy atom. The van der Waals surface area contributed by atoms with E-state index in [1.54, 1.807) is 0 Å². The highest BCUT2D eigenvalue weighted by Crippen LogP contribution is 2.26. The van der Waals surface area contributed by atoms with Crippen LogP contribution in [0.5, 0.6) is 0 Å². The summed E-state index contributed by atoms with van der Waals surface area (Å²) in [6.07, 6.45) is 20.1. The minimum Gasteiger partial charge on any atom is -0.388 e. The van der Waals surface area contributed by atoms with Crippen molar-refractivity contribution in [1.29, 1.82) is 0 Å². The van der Waals surface area contributed by atoms with Crippen LogP contribution in [0.3, 0.4) is 0 Å². The van der Waals surface area contributed by atoms with Crippen molar-refractivity contribution in [3.8, 4) is 0 Å². The lowest BCUT2D eigenvalue weighted by Crippen LogP contribution is -2.16. The van der Waals surface area contributed by atoms with Gasteiger partial charge in [-0.1, -0.05) is 84.1 Å². The van der Waals surface area contributed by atoms with Crippen LogP contribution in [-0.4, -0.2) is 19.6 Å². The quantitative estimate of drug-likeness (QED) is 0.342. The van der Waals surface area contributed by atoms with Crippen molar-refractivity contribution in [1.82, 2.24) is 10.6 Å². The standard InChI is InChI=1S/C23H42N2/c1-8-12-21(2)13-16-23(6,7)15-10-18-25-20-11-19-24-17-9-14-22(3,4)5/h8-12,14-15,19,21,24-25H,13,16-18,20H2,1-7H3/b12-8+,14-9+,15-10+,19-11+. The van der Waals surface area contributed by atoms with Crippen LogP contribution in [-0.2, 0) is 0 Å². The molecule has 1 atom stereocenters. The molecule has 0 bridgehead atoms. The molecule has 0 rings (SSSR count). The lowest BCUT2D eigenvalue weighted by molar-refractivity contribution is 0.395. The van der Waals surface area contributed by atoms with Gasteiger partial charge < -0.3 is 10.6 Å². The zero-order chi connectivity index (χ0) is 19.2. The molecule has 0 aliphatic heterocycles. The molecule has 0 radical (unpaired) electrons. The van der Waals surface area contributed by atoms with Crippen LogP contribution >= 0.6 is 0 Å². The molecule has 0 spiro atoms. The van der Waals surface area contributed by atoms with Gasteiger partial charge in [-0.05, 0) is 42.7 Å². The third kappa shape index (κ3) is 17.3. The second-order valence-corrected chi connectivity index (χ2v) is 8.67. The highest BCUT2D eigenvalue weighted by molar-refractivity contribution is 4.98. The summed E-state index contributed by atoms with van der Waals surface area (Å²) in [4.78, 5) is 0. The second kappa shape index (κ2) is 13.0. The van der Waals surface area contributed by atoms with Crippen LogP contribution in [0.4, 0.5) is 0 Å². The van der Waals surface area contributed by atoms with Crippen molar-refractivity contribution in [2.45, 2.75) is 61.3 Å². The normalized spacial score (nSPS) is 15.2. The van der Waals surface area contributed by atoms with Gasteiger partial charge >= 0.3 is 0 Å². The van der Waals surface area contributed by atoms with Crippen molar-refractivity contribution >= 4 is 0 Å². The van der Waals surface area contributed by atoms with Crippen LogP contribution in [0.1, 0.15) is 61.3 Å². The Hall–Kier alpha value is -1.28. The summed E-state index contributed by atoms with van der Waals surface area (Å²) >= 11 is 0. The molecule has 2 N–H and O–H groups in total. The first-order chi connectivity index (χ1) is 11.7. The van der Waals surface area contributed by atoms with Gasteiger partial charge in [0.2, 0.25) is 0 Å². The predicted molar refractivity (Wildman–Crippen MR) is 115 cm³/mol. The van der Waals surface area contributed by atoms with Crippen LogP contribution < -0.4 is 10.6 Å². The number of allylic oxidation sites excluding steroid dienone is 4. The Bertz CT molecular complexity index is 433. The van der Waals surface area contributed by atoms with Gasteiger partial charge in [-0.2, -0.15) is 0 Å². The molecule has 1 unspecified atom stereocenters. The van der Waals surface area contributed by atoms with E-state index >= 15 is 0 Å². The molecule has 144 valence electrons. The SMILES string of the molecule is C/C=C/C(C)CCC(C)(C)/C=C/CNC/C=C/NC/C=C/C(C)(C)C. The molecule has 25 heavy (non-hydrogen) atoms. The topological polar surface area (TPSA) is 24.1 Å². The first kappa shape index (κ1) is 23.7. The molecule has 2 heteroatoms. The molecule has 0 amide bonds. The van der Waals surface area contributed by atoms with Crippen molar-refractivity contribution in [3.05, 3.63) is 48.7 Å². The summed E-state index contributed by atoms with van der Waals surface area (Å²) in [5.41, 5.74) is 0.534. The third-order valence-corrected chi connectivity index (χ3v) is 3.95. The van der Waals surface area contributed by atoms with Crippen molar-refractivity contribution < 1.29 is 0 Å². The van der Waals surface area contributed by atoms with E-state index < -0.39 is 0 Å². The van der Waals surface area contributed by atoms with Crippen LogP contribution in [0.25, 0.3) is 0 Å². The van der Waals surface area contributed by atoms with E-state index in [9.17, 15) is 0 Å². The largest absolute Gasteiger partial charge is 0.388 e. The smallest absolute Gasteiger partial charge is 0.0325 e. The highest BCUT2D eigenvalue weighted by atomic mass is 14.9. The van der Waals surface area contributed by atoms with Gasteiger partial charge in [0.15, 0.2) is 0 Å². The number of hydrogen-bond acceptors (Lipinski definition) is 2. The van der Waals surface area contributed by atoms with Gasteiger partial charge in [0.1, 0.15) is 0 Å². The Morgan fingerprint density at radius 1 is 0.880 bits per heavy atom. The summed E-state index contributed by atoms with van der Waals surface area (Å²) < 4.78 is 0. The fraction of sp³-hybridized carbons (Fsp3) is 0.652. The number of rotatable bonds is 12. The van der Waals surface area contributed by atoms with E-state index in [0.717, 1.165) is 19.6 Å². The summed E-state index contributed by atoms with van der Waals surface area (Å²) in [5, 5.41) is 6.70. The first-order valence-electron chi connectivity index (χ1n) is 9.73. The molecule has 0 aliphatic carbocycles. The van der Waals surface area contributed by atoms with E-state index in [1.165, 1.54) is 12.8 Å². The zero-order valence-electron chi connectivity index (χ0n) is 17.7. The minimum absolute atomic E-state index is 0.262. The van der Waals surface area contributed by atoms with Crippen LogP contribution in [0.15, 0.2) is 48.7 Å².